The Kier molecular flexibility index (Phi) is 6.76. The molecule has 1 amide bonds. The first-order chi connectivity index (χ1) is 18.7. The molecular weight excluding hydrogens is 529 g/mol. The fraction of sp³-hybridized carbons (Fsp3) is 0.848. The summed E-state index contributed by atoms with van der Waals surface area (Å²) in [7, 11) is 0. The molecule has 0 aliphatic heterocycles. The van der Waals surface area contributed by atoms with Crippen LogP contribution in [0.25, 0.3) is 0 Å². The molecule has 0 aromatic carbocycles. The molecule has 0 aromatic heterocycles. The van der Waals surface area contributed by atoms with Gasteiger partial charge in [0.05, 0.1) is 23.2 Å². The van der Waals surface area contributed by atoms with Gasteiger partial charge in [-0.2, -0.15) is 18.4 Å². The molecule has 0 spiro atoms. The van der Waals surface area contributed by atoms with Crippen molar-refractivity contribution in [3.05, 3.63) is 11.6 Å². The minimum atomic E-state index is -4.49. The number of aliphatic hydroxyl groups excluding tert-OH is 1. The highest BCUT2D eigenvalue weighted by atomic mass is 19.4. The first-order valence-electron chi connectivity index (χ1n) is 15.4. The number of hydrogen-bond donors (Lipinski definition) is 2. The summed E-state index contributed by atoms with van der Waals surface area (Å²) >= 11 is 0. The zero-order valence-corrected chi connectivity index (χ0v) is 25.7. The second-order valence-electron chi connectivity index (χ2n) is 16.4. The van der Waals surface area contributed by atoms with E-state index in [1.165, 1.54) is 0 Å². The van der Waals surface area contributed by atoms with E-state index in [1.54, 1.807) is 0 Å². The molecule has 228 valence electrons. The topological polar surface area (TPSA) is 90.2 Å². The average molecular weight is 577 g/mol. The number of halogens is 3. The smallest absolute Gasteiger partial charge is 0.387 e. The molecule has 0 bridgehead atoms. The molecule has 2 N–H and O–H groups in total. The van der Waals surface area contributed by atoms with Crippen molar-refractivity contribution in [3.8, 4) is 6.07 Å². The number of carbonyl (C=O) groups is 2. The molecule has 0 aromatic rings. The fourth-order valence-corrected chi connectivity index (χ4v) is 11.2. The number of allylic oxidation sites excluding steroid dienone is 1. The molecule has 0 saturated heterocycles. The molecule has 4 fully saturated rings. The summed E-state index contributed by atoms with van der Waals surface area (Å²) in [5.74, 6) is -1.10. The number of ketones is 1. The van der Waals surface area contributed by atoms with Gasteiger partial charge in [0.25, 0.3) is 0 Å². The van der Waals surface area contributed by atoms with Crippen molar-refractivity contribution in [3.63, 3.8) is 0 Å². The third-order valence-corrected chi connectivity index (χ3v) is 13.6. The zero-order chi connectivity index (χ0) is 30.6. The van der Waals surface area contributed by atoms with E-state index in [4.69, 9.17) is 0 Å². The average Bonchev–Trinajstić information content (AvgIpc) is 2.85. The Bertz CT molecular complexity index is 1220. The summed E-state index contributed by atoms with van der Waals surface area (Å²) < 4.78 is 39.5. The van der Waals surface area contributed by atoms with E-state index in [-0.39, 0.29) is 34.4 Å². The Hall–Kier alpha value is -1.88. The van der Waals surface area contributed by atoms with E-state index in [9.17, 15) is 33.1 Å². The van der Waals surface area contributed by atoms with Gasteiger partial charge in [0.15, 0.2) is 0 Å². The van der Waals surface area contributed by atoms with Crippen LogP contribution in [0.2, 0.25) is 0 Å². The van der Waals surface area contributed by atoms with Gasteiger partial charge >= 0.3 is 6.18 Å². The lowest BCUT2D eigenvalue weighted by Crippen LogP contribution is -2.70. The number of nitrogens with zero attached hydrogens (tertiary/aromatic N) is 1. The molecule has 5 nitrogen and oxygen atoms in total. The highest BCUT2D eigenvalue weighted by molar-refractivity contribution is 5.88. The number of nitrogens with one attached hydrogen (secondary N) is 1. The summed E-state index contributed by atoms with van der Waals surface area (Å²) in [6.07, 6.45) is 1.61. The molecule has 4 saturated carbocycles. The molecule has 5 unspecified atom stereocenters. The highest BCUT2D eigenvalue weighted by Gasteiger charge is 2.73. The molecule has 41 heavy (non-hydrogen) atoms. The lowest BCUT2D eigenvalue weighted by molar-refractivity contribution is -0.226. The molecule has 0 heterocycles. The summed E-state index contributed by atoms with van der Waals surface area (Å²) in [4.78, 5) is 28.2. The first kappa shape index (κ1) is 30.6. The van der Waals surface area contributed by atoms with Crippen LogP contribution in [-0.2, 0) is 9.59 Å². The number of fused-ring (bicyclic) bond motifs is 7. The van der Waals surface area contributed by atoms with E-state index >= 15 is 0 Å². The van der Waals surface area contributed by atoms with Crippen LogP contribution in [0.15, 0.2) is 11.6 Å². The Morgan fingerprint density at radius 2 is 1.66 bits per heavy atom. The Labute approximate surface area is 242 Å². The van der Waals surface area contributed by atoms with Crippen LogP contribution in [0.3, 0.4) is 0 Å². The maximum Gasteiger partial charge on any atom is 0.405 e. The normalized spacial score (nSPS) is 46.5. The van der Waals surface area contributed by atoms with Gasteiger partial charge in [-0.1, -0.05) is 54.5 Å². The van der Waals surface area contributed by atoms with E-state index in [1.807, 2.05) is 19.9 Å². The van der Waals surface area contributed by atoms with Gasteiger partial charge in [-0.25, -0.2) is 0 Å². The number of alkyl halides is 3. The predicted octanol–water partition coefficient (Wildman–Crippen LogP) is 6.76. The summed E-state index contributed by atoms with van der Waals surface area (Å²) in [6, 6.07) is 2.24. The second kappa shape index (κ2) is 9.07. The maximum absolute atomic E-state index is 14.5. The highest BCUT2D eigenvalue weighted by Crippen LogP contribution is 2.76. The van der Waals surface area contributed by atoms with Crippen molar-refractivity contribution < 1.29 is 27.9 Å². The molecule has 8 heteroatoms. The third kappa shape index (κ3) is 4.18. The van der Waals surface area contributed by atoms with Gasteiger partial charge in [0.1, 0.15) is 12.3 Å². The number of hydrogen-bond acceptors (Lipinski definition) is 4. The van der Waals surface area contributed by atoms with Gasteiger partial charge in [-0.3, -0.25) is 9.59 Å². The largest absolute Gasteiger partial charge is 0.405 e. The van der Waals surface area contributed by atoms with Crippen LogP contribution < -0.4 is 5.32 Å². The van der Waals surface area contributed by atoms with Crippen LogP contribution in [0.5, 0.6) is 0 Å². The number of aliphatic hydroxyl groups is 1. The Morgan fingerprint density at radius 3 is 2.27 bits per heavy atom. The lowest BCUT2D eigenvalue weighted by Gasteiger charge is -2.72. The van der Waals surface area contributed by atoms with Crippen molar-refractivity contribution >= 4 is 11.7 Å². The molecule has 9 atom stereocenters. The monoisotopic (exact) mass is 576 g/mol. The minimum absolute atomic E-state index is 0.0409. The van der Waals surface area contributed by atoms with Crippen LogP contribution in [0, 0.1) is 67.5 Å². The predicted molar refractivity (Wildman–Crippen MR) is 149 cm³/mol. The molecule has 5 aliphatic carbocycles. The first-order valence-corrected chi connectivity index (χ1v) is 15.4. The van der Waals surface area contributed by atoms with Crippen LogP contribution in [0.4, 0.5) is 13.2 Å². The lowest BCUT2D eigenvalue weighted by atomic mass is 9.31. The Morgan fingerprint density at radius 1 is 1.02 bits per heavy atom. The van der Waals surface area contributed by atoms with Crippen molar-refractivity contribution in [2.75, 3.05) is 6.54 Å². The third-order valence-electron chi connectivity index (χ3n) is 13.6. The van der Waals surface area contributed by atoms with E-state index in [0.717, 1.165) is 19.3 Å². The second-order valence-corrected chi connectivity index (χ2v) is 16.4. The zero-order valence-electron chi connectivity index (χ0n) is 25.7. The van der Waals surface area contributed by atoms with Gasteiger partial charge in [-0.15, -0.1) is 0 Å². The van der Waals surface area contributed by atoms with Crippen molar-refractivity contribution in [2.45, 2.75) is 112 Å². The van der Waals surface area contributed by atoms with Crippen LogP contribution >= 0.6 is 0 Å². The standard InChI is InChI=1S/C33H47F3N2O3/c1-27(2)10-12-32(26(41)38-18-33(34,35)36)13-11-31(7)24(20(32)16-27)21(39)14-23-29(5)15-19(17-37)25(40)28(3,4)22(29)8-9-30(23,31)6/h15,20,22-25,40H,8-14,16,18H2,1-7H3,(H,38,41)/t20?,22?,23?,24?,25?,29-,30+,31+,32-/m0/s1. The minimum Gasteiger partial charge on any atom is -0.387 e. The number of Topliss-reactive ketones (excluding diaryl/α,β-unsaturated/α-hetero) is 1. The van der Waals surface area contributed by atoms with Crippen molar-refractivity contribution in [2.24, 2.45) is 56.2 Å². The number of nitriles is 1. The number of carbonyl (C=O) groups excluding carboxylic acids is 2. The summed E-state index contributed by atoms with van der Waals surface area (Å²) in [5, 5.41) is 23.3. The molecule has 5 aliphatic rings. The van der Waals surface area contributed by atoms with Gasteiger partial charge in [0, 0.05) is 12.3 Å². The number of amides is 1. The van der Waals surface area contributed by atoms with E-state index in [0.29, 0.717) is 37.7 Å². The summed E-state index contributed by atoms with van der Waals surface area (Å²) in [6.45, 7) is 13.7. The van der Waals surface area contributed by atoms with Crippen LogP contribution in [0.1, 0.15) is 99.8 Å². The SMILES string of the molecule is CC1(C)CC[C@]2(C(=O)NCC(F)(F)F)CC[C@]3(C)C(C(=O)CC4[C@@]5(C)C=C(C#N)C(O)C(C)(C)C5CC[C@]43C)C2C1. The fourth-order valence-electron chi connectivity index (χ4n) is 11.2. The van der Waals surface area contributed by atoms with Gasteiger partial charge in [-0.05, 0) is 89.8 Å². The van der Waals surface area contributed by atoms with Crippen LogP contribution in [-0.4, -0.2) is 35.6 Å². The van der Waals surface area contributed by atoms with Gasteiger partial charge < -0.3 is 10.4 Å². The summed E-state index contributed by atoms with van der Waals surface area (Å²) in [5.41, 5.74) is -2.43. The molecular formula is C33H47F3N2O3. The van der Waals surface area contributed by atoms with E-state index in [2.05, 4.69) is 46.0 Å². The van der Waals surface area contributed by atoms with Crippen molar-refractivity contribution in [1.29, 1.82) is 5.26 Å². The number of rotatable bonds is 2. The molecule has 5 rings (SSSR count). The quantitative estimate of drug-likeness (QED) is 0.380. The molecule has 0 radical (unpaired) electrons. The Balaban J connectivity index is 1.59. The van der Waals surface area contributed by atoms with E-state index < -0.39 is 52.3 Å². The van der Waals surface area contributed by atoms with Gasteiger partial charge in [0.2, 0.25) is 5.91 Å². The maximum atomic E-state index is 14.5. The van der Waals surface area contributed by atoms with Crippen molar-refractivity contribution in [1.82, 2.24) is 5.32 Å².